The quantitative estimate of drug-likeness (QED) is 0.421. The maximum absolute atomic E-state index is 13.0. The highest BCUT2D eigenvalue weighted by molar-refractivity contribution is 7.13. The fraction of sp³-hybridized carbons (Fsp3) is 0.192. The van der Waals surface area contributed by atoms with Crippen molar-refractivity contribution < 1.29 is 19.2 Å². The van der Waals surface area contributed by atoms with E-state index in [-0.39, 0.29) is 47.3 Å². The smallest absolute Gasteiger partial charge is 0.257 e. The Morgan fingerprint density at radius 2 is 1.57 bits per heavy atom. The van der Waals surface area contributed by atoms with E-state index < -0.39 is 0 Å². The SMILES string of the molecule is O=C(Nc1cccc(C(=O)Nc2nccs2)c1)c1ccc(N2C(=O)C3C4C=CC(C4)C3C2=O)cc1. The number of aromatic nitrogens is 1. The molecule has 9 heteroatoms. The first-order valence-corrected chi connectivity index (χ1v) is 12.2. The van der Waals surface area contributed by atoms with Crippen LogP contribution in [0.1, 0.15) is 27.1 Å². The van der Waals surface area contributed by atoms with Crippen molar-refractivity contribution in [3.63, 3.8) is 0 Å². The lowest BCUT2D eigenvalue weighted by Crippen LogP contribution is -2.32. The Hall–Kier alpha value is -4.11. The van der Waals surface area contributed by atoms with Crippen LogP contribution in [0.25, 0.3) is 0 Å². The molecule has 3 aromatic rings. The number of hydrogen-bond donors (Lipinski definition) is 2. The molecule has 2 aliphatic carbocycles. The van der Waals surface area contributed by atoms with E-state index in [1.807, 2.05) is 0 Å². The number of imide groups is 1. The fourth-order valence-corrected chi connectivity index (χ4v) is 5.84. The molecule has 3 aliphatic rings. The number of allylic oxidation sites excluding steroid dienone is 2. The number of nitrogens with zero attached hydrogens (tertiary/aromatic N) is 2. The Labute approximate surface area is 204 Å². The Morgan fingerprint density at radius 1 is 0.886 bits per heavy atom. The molecule has 35 heavy (non-hydrogen) atoms. The van der Waals surface area contributed by atoms with Crippen LogP contribution in [-0.2, 0) is 9.59 Å². The summed E-state index contributed by atoms with van der Waals surface area (Å²) in [5.74, 6) is -1.22. The molecule has 2 heterocycles. The van der Waals surface area contributed by atoms with E-state index in [1.165, 1.54) is 16.2 Å². The standard InChI is InChI=1S/C26H20N4O4S/c31-22(28-18-3-1-2-17(13-18)23(32)29-26-27-10-11-35-26)14-6-8-19(9-7-14)30-24(33)20-15-4-5-16(12-15)21(20)25(30)34/h1-11,13,15-16,20-21H,12H2,(H,28,31)(H,27,29,32). The molecule has 8 nitrogen and oxygen atoms in total. The summed E-state index contributed by atoms with van der Waals surface area (Å²) in [4.78, 5) is 56.5. The first-order valence-electron chi connectivity index (χ1n) is 11.3. The lowest BCUT2D eigenvalue weighted by atomic mass is 9.85. The second-order valence-electron chi connectivity index (χ2n) is 8.88. The molecule has 1 aliphatic heterocycles. The van der Waals surface area contributed by atoms with Gasteiger partial charge in [-0.15, -0.1) is 11.3 Å². The molecular weight excluding hydrogens is 464 g/mol. The van der Waals surface area contributed by atoms with Crippen molar-refractivity contribution in [3.8, 4) is 0 Å². The zero-order valence-electron chi connectivity index (χ0n) is 18.4. The molecule has 174 valence electrons. The fourth-order valence-electron chi connectivity index (χ4n) is 5.31. The van der Waals surface area contributed by atoms with Gasteiger partial charge in [-0.25, -0.2) is 4.98 Å². The van der Waals surface area contributed by atoms with Gasteiger partial charge in [-0.1, -0.05) is 18.2 Å². The van der Waals surface area contributed by atoms with E-state index >= 15 is 0 Å². The summed E-state index contributed by atoms with van der Waals surface area (Å²) in [6, 6.07) is 13.0. The minimum atomic E-state index is -0.368. The minimum Gasteiger partial charge on any atom is -0.322 e. The monoisotopic (exact) mass is 484 g/mol. The zero-order chi connectivity index (χ0) is 24.1. The molecule has 2 bridgehead atoms. The van der Waals surface area contributed by atoms with Crippen molar-refractivity contribution in [2.24, 2.45) is 23.7 Å². The van der Waals surface area contributed by atoms with Crippen LogP contribution >= 0.6 is 11.3 Å². The van der Waals surface area contributed by atoms with Gasteiger partial charge in [0.05, 0.1) is 17.5 Å². The highest BCUT2D eigenvalue weighted by Gasteiger charge is 2.59. The summed E-state index contributed by atoms with van der Waals surface area (Å²) in [5.41, 5.74) is 1.69. The van der Waals surface area contributed by atoms with Crippen LogP contribution in [0.3, 0.4) is 0 Å². The molecule has 1 aromatic heterocycles. The van der Waals surface area contributed by atoms with Gasteiger partial charge >= 0.3 is 0 Å². The maximum Gasteiger partial charge on any atom is 0.257 e. The van der Waals surface area contributed by atoms with Gasteiger partial charge in [0, 0.05) is 28.4 Å². The minimum absolute atomic E-state index is 0.149. The Balaban J connectivity index is 1.14. The number of thiazole rings is 1. The highest BCUT2D eigenvalue weighted by Crippen LogP contribution is 2.53. The summed E-state index contributed by atoms with van der Waals surface area (Å²) >= 11 is 1.31. The summed E-state index contributed by atoms with van der Waals surface area (Å²) in [6.07, 6.45) is 6.61. The zero-order valence-corrected chi connectivity index (χ0v) is 19.2. The molecule has 1 saturated carbocycles. The van der Waals surface area contributed by atoms with Gasteiger partial charge < -0.3 is 5.32 Å². The van der Waals surface area contributed by atoms with Gasteiger partial charge in [0.25, 0.3) is 11.8 Å². The second kappa shape index (κ2) is 8.28. The number of amides is 4. The van der Waals surface area contributed by atoms with E-state index in [4.69, 9.17) is 0 Å². The van der Waals surface area contributed by atoms with Gasteiger partial charge in [0.2, 0.25) is 11.8 Å². The molecule has 0 radical (unpaired) electrons. The Morgan fingerprint density at radius 3 is 2.23 bits per heavy atom. The molecule has 6 rings (SSSR count). The molecule has 4 amide bonds. The van der Waals surface area contributed by atoms with E-state index in [2.05, 4.69) is 27.8 Å². The largest absolute Gasteiger partial charge is 0.322 e. The lowest BCUT2D eigenvalue weighted by molar-refractivity contribution is -0.123. The molecule has 2 aromatic carbocycles. The molecule has 0 spiro atoms. The van der Waals surface area contributed by atoms with Crippen LogP contribution in [0.4, 0.5) is 16.5 Å². The number of nitrogens with one attached hydrogen (secondary N) is 2. The lowest BCUT2D eigenvalue weighted by Gasteiger charge is -2.17. The number of hydrogen-bond acceptors (Lipinski definition) is 6. The molecule has 1 saturated heterocycles. The third-order valence-electron chi connectivity index (χ3n) is 6.89. The van der Waals surface area contributed by atoms with Crippen LogP contribution in [0.15, 0.2) is 72.3 Å². The van der Waals surface area contributed by atoms with Crippen molar-refractivity contribution in [1.29, 1.82) is 0 Å². The van der Waals surface area contributed by atoms with Crippen molar-refractivity contribution in [2.75, 3.05) is 15.5 Å². The topological polar surface area (TPSA) is 108 Å². The van der Waals surface area contributed by atoms with E-state index in [1.54, 1.807) is 60.1 Å². The Kier molecular flexibility index (Phi) is 5.07. The van der Waals surface area contributed by atoms with Gasteiger partial charge in [-0.2, -0.15) is 0 Å². The van der Waals surface area contributed by atoms with E-state index in [0.717, 1.165) is 6.42 Å². The first kappa shape index (κ1) is 21.4. The van der Waals surface area contributed by atoms with Crippen molar-refractivity contribution in [1.82, 2.24) is 4.98 Å². The van der Waals surface area contributed by atoms with Gasteiger partial charge in [-0.05, 0) is 60.7 Å². The summed E-state index contributed by atoms with van der Waals surface area (Å²) in [5, 5.41) is 7.75. The van der Waals surface area contributed by atoms with Gasteiger partial charge in [0.15, 0.2) is 5.13 Å². The molecule has 4 unspecified atom stereocenters. The maximum atomic E-state index is 13.0. The summed E-state index contributed by atoms with van der Waals surface area (Å²) in [6.45, 7) is 0. The molecule has 4 atom stereocenters. The predicted molar refractivity (Wildman–Crippen MR) is 131 cm³/mol. The van der Waals surface area contributed by atoms with E-state index in [9.17, 15) is 19.2 Å². The predicted octanol–water partition coefficient (Wildman–Crippen LogP) is 3.96. The van der Waals surface area contributed by atoms with Crippen LogP contribution in [-0.4, -0.2) is 28.6 Å². The van der Waals surface area contributed by atoms with Crippen molar-refractivity contribution in [3.05, 3.63) is 83.4 Å². The van der Waals surface area contributed by atoms with Crippen LogP contribution in [0.2, 0.25) is 0 Å². The number of anilines is 3. The van der Waals surface area contributed by atoms with Crippen LogP contribution < -0.4 is 15.5 Å². The number of fused-ring (bicyclic) bond motifs is 5. The van der Waals surface area contributed by atoms with Crippen LogP contribution in [0, 0.1) is 23.7 Å². The van der Waals surface area contributed by atoms with Gasteiger partial charge in [-0.3, -0.25) is 29.4 Å². The number of rotatable bonds is 5. The summed E-state index contributed by atoms with van der Waals surface area (Å²) < 4.78 is 0. The van der Waals surface area contributed by atoms with Crippen molar-refractivity contribution in [2.45, 2.75) is 6.42 Å². The molecule has 2 N–H and O–H groups in total. The number of carbonyl (C=O) groups excluding carboxylic acids is 4. The number of benzene rings is 2. The number of carbonyl (C=O) groups is 4. The third-order valence-corrected chi connectivity index (χ3v) is 7.58. The molecule has 2 fully saturated rings. The van der Waals surface area contributed by atoms with E-state index in [0.29, 0.717) is 27.6 Å². The highest BCUT2D eigenvalue weighted by atomic mass is 32.1. The second-order valence-corrected chi connectivity index (χ2v) is 9.78. The normalized spacial score (nSPS) is 24.1. The Bertz CT molecular complexity index is 1350. The van der Waals surface area contributed by atoms with Crippen LogP contribution in [0.5, 0.6) is 0 Å². The van der Waals surface area contributed by atoms with Gasteiger partial charge in [0.1, 0.15) is 0 Å². The average molecular weight is 485 g/mol. The average Bonchev–Trinajstić information content (AvgIpc) is 3.65. The van der Waals surface area contributed by atoms with Crippen molar-refractivity contribution >= 4 is 51.5 Å². The third kappa shape index (κ3) is 3.64. The first-order chi connectivity index (χ1) is 17.0. The molecular formula is C26H20N4O4S. The summed E-state index contributed by atoms with van der Waals surface area (Å²) in [7, 11) is 0.